The molecule has 2 nitrogen and oxygen atoms in total. The van der Waals surface area contributed by atoms with Crippen LogP contribution >= 0.6 is 11.3 Å². The minimum absolute atomic E-state index is 0.135. The Morgan fingerprint density at radius 1 is 1.27 bits per heavy atom. The number of aliphatic hydroxyl groups excluding tert-OH is 2. The van der Waals surface area contributed by atoms with Crippen LogP contribution in [-0.4, -0.2) is 22.9 Å². The van der Waals surface area contributed by atoms with Gasteiger partial charge < -0.3 is 10.2 Å². The number of thiophene rings is 1. The second-order valence-corrected chi connectivity index (χ2v) is 5.59. The second-order valence-electron chi connectivity index (χ2n) is 4.34. The molecular weight excluding hydrogens is 208 g/mol. The molecule has 0 fully saturated rings. The van der Waals surface area contributed by atoms with E-state index in [1.165, 1.54) is 9.75 Å². The summed E-state index contributed by atoms with van der Waals surface area (Å²) in [6.07, 6.45) is 2.08. The van der Waals surface area contributed by atoms with Crippen molar-refractivity contribution in [2.45, 2.75) is 39.2 Å². The van der Waals surface area contributed by atoms with Gasteiger partial charge in [0.15, 0.2) is 0 Å². The lowest BCUT2D eigenvalue weighted by atomic mass is 10.1. The van der Waals surface area contributed by atoms with Gasteiger partial charge in [-0.1, -0.05) is 13.8 Å². The number of rotatable bonds is 6. The van der Waals surface area contributed by atoms with Crippen LogP contribution in [0.25, 0.3) is 0 Å². The lowest BCUT2D eigenvalue weighted by Gasteiger charge is -2.04. The van der Waals surface area contributed by atoms with Crippen molar-refractivity contribution in [3.05, 3.63) is 21.9 Å². The molecule has 0 bridgehead atoms. The molecule has 1 aromatic rings. The molecule has 0 radical (unpaired) electrons. The number of aliphatic hydroxyl groups is 2. The molecule has 0 aromatic carbocycles. The van der Waals surface area contributed by atoms with E-state index in [-0.39, 0.29) is 6.61 Å². The molecule has 3 heteroatoms. The van der Waals surface area contributed by atoms with E-state index in [9.17, 15) is 5.11 Å². The number of hydrogen-bond donors (Lipinski definition) is 2. The summed E-state index contributed by atoms with van der Waals surface area (Å²) in [5, 5.41) is 17.9. The largest absolute Gasteiger partial charge is 0.394 e. The third-order valence-electron chi connectivity index (χ3n) is 2.26. The molecule has 0 amide bonds. The molecule has 0 saturated heterocycles. The minimum atomic E-state index is -0.569. The quantitative estimate of drug-likeness (QED) is 0.784. The first-order valence-corrected chi connectivity index (χ1v) is 6.30. The molecule has 0 aliphatic rings. The molecule has 0 spiro atoms. The molecule has 2 N–H and O–H groups in total. The maximum absolute atomic E-state index is 9.23. The topological polar surface area (TPSA) is 40.5 Å². The maximum atomic E-state index is 9.23. The first-order chi connectivity index (χ1) is 7.11. The second kappa shape index (κ2) is 6.26. The molecule has 0 aliphatic carbocycles. The van der Waals surface area contributed by atoms with Crippen molar-refractivity contribution in [3.8, 4) is 0 Å². The Bertz CT molecular complexity index is 281. The van der Waals surface area contributed by atoms with Crippen molar-refractivity contribution in [1.82, 2.24) is 0 Å². The molecule has 0 aliphatic heterocycles. The highest BCUT2D eigenvalue weighted by molar-refractivity contribution is 7.11. The molecular formula is C12H20O2S. The van der Waals surface area contributed by atoms with Crippen LogP contribution < -0.4 is 0 Å². The van der Waals surface area contributed by atoms with Crippen LogP contribution in [0.3, 0.4) is 0 Å². The first-order valence-electron chi connectivity index (χ1n) is 5.48. The Morgan fingerprint density at radius 2 is 1.93 bits per heavy atom. The van der Waals surface area contributed by atoms with Gasteiger partial charge in [0.25, 0.3) is 0 Å². The SMILES string of the molecule is CC(C)Cc1ccc(CCC(O)CO)s1. The van der Waals surface area contributed by atoms with Gasteiger partial charge in [-0.2, -0.15) is 0 Å². The van der Waals surface area contributed by atoms with Crippen LogP contribution in [0, 0.1) is 5.92 Å². The smallest absolute Gasteiger partial charge is 0.0774 e. The van der Waals surface area contributed by atoms with Crippen LogP contribution in [0.4, 0.5) is 0 Å². The Hall–Kier alpha value is -0.380. The van der Waals surface area contributed by atoms with Crippen LogP contribution in [0.15, 0.2) is 12.1 Å². The van der Waals surface area contributed by atoms with Crippen molar-refractivity contribution in [2.75, 3.05) is 6.61 Å². The van der Waals surface area contributed by atoms with E-state index in [4.69, 9.17) is 5.11 Å². The van der Waals surface area contributed by atoms with E-state index >= 15 is 0 Å². The van der Waals surface area contributed by atoms with Crippen molar-refractivity contribution in [3.63, 3.8) is 0 Å². The summed E-state index contributed by atoms with van der Waals surface area (Å²) in [6.45, 7) is 4.30. The molecule has 1 heterocycles. The summed E-state index contributed by atoms with van der Waals surface area (Å²) < 4.78 is 0. The van der Waals surface area contributed by atoms with E-state index in [2.05, 4.69) is 26.0 Å². The van der Waals surface area contributed by atoms with Crippen LogP contribution in [0.2, 0.25) is 0 Å². The fourth-order valence-electron chi connectivity index (χ4n) is 1.47. The van der Waals surface area contributed by atoms with E-state index in [0.717, 1.165) is 12.8 Å². The third-order valence-corrected chi connectivity index (χ3v) is 3.43. The average Bonchev–Trinajstić information content (AvgIpc) is 2.61. The Labute approximate surface area is 95.6 Å². The summed E-state index contributed by atoms with van der Waals surface area (Å²) in [4.78, 5) is 2.72. The molecule has 1 aromatic heterocycles. The van der Waals surface area contributed by atoms with Crippen molar-refractivity contribution < 1.29 is 10.2 Å². The monoisotopic (exact) mass is 228 g/mol. The zero-order valence-corrected chi connectivity index (χ0v) is 10.3. The first kappa shape index (κ1) is 12.7. The van der Waals surface area contributed by atoms with Crippen molar-refractivity contribution in [2.24, 2.45) is 5.92 Å². The van der Waals surface area contributed by atoms with E-state index in [0.29, 0.717) is 12.3 Å². The summed E-state index contributed by atoms with van der Waals surface area (Å²) in [6, 6.07) is 4.30. The van der Waals surface area contributed by atoms with E-state index in [1.54, 1.807) is 0 Å². The number of hydrogen-bond acceptors (Lipinski definition) is 3. The van der Waals surface area contributed by atoms with Gasteiger partial charge in [0, 0.05) is 9.75 Å². The van der Waals surface area contributed by atoms with Gasteiger partial charge in [-0.05, 0) is 37.3 Å². The van der Waals surface area contributed by atoms with Crippen LogP contribution in [0.5, 0.6) is 0 Å². The van der Waals surface area contributed by atoms with Crippen molar-refractivity contribution >= 4 is 11.3 Å². The van der Waals surface area contributed by atoms with Crippen LogP contribution in [0.1, 0.15) is 30.0 Å². The van der Waals surface area contributed by atoms with Gasteiger partial charge in [0.1, 0.15) is 0 Å². The summed E-state index contributed by atoms with van der Waals surface area (Å²) >= 11 is 1.82. The summed E-state index contributed by atoms with van der Waals surface area (Å²) in [5.41, 5.74) is 0. The molecule has 0 saturated carbocycles. The zero-order valence-electron chi connectivity index (χ0n) is 9.44. The van der Waals surface area contributed by atoms with Gasteiger partial charge in [0.05, 0.1) is 12.7 Å². The van der Waals surface area contributed by atoms with Gasteiger partial charge in [-0.25, -0.2) is 0 Å². The van der Waals surface area contributed by atoms with Crippen molar-refractivity contribution in [1.29, 1.82) is 0 Å². The normalized spacial score (nSPS) is 13.4. The highest BCUT2D eigenvalue weighted by Crippen LogP contribution is 2.21. The maximum Gasteiger partial charge on any atom is 0.0774 e. The highest BCUT2D eigenvalue weighted by atomic mass is 32.1. The predicted molar refractivity (Wildman–Crippen MR) is 64.3 cm³/mol. The Balaban J connectivity index is 2.39. The standard InChI is InChI=1S/C12H20O2S/c1-9(2)7-12-6-5-11(15-12)4-3-10(14)8-13/h5-6,9-10,13-14H,3-4,7-8H2,1-2H3. The highest BCUT2D eigenvalue weighted by Gasteiger charge is 2.06. The fourth-order valence-corrected chi connectivity index (χ4v) is 2.71. The minimum Gasteiger partial charge on any atom is -0.394 e. The predicted octanol–water partition coefficient (Wildman–Crippen LogP) is 2.23. The molecule has 15 heavy (non-hydrogen) atoms. The van der Waals surface area contributed by atoms with E-state index < -0.39 is 6.10 Å². The zero-order chi connectivity index (χ0) is 11.3. The Kier molecular flexibility index (Phi) is 5.29. The fraction of sp³-hybridized carbons (Fsp3) is 0.667. The molecule has 86 valence electrons. The summed E-state index contributed by atoms with van der Waals surface area (Å²) in [5.74, 6) is 0.694. The van der Waals surface area contributed by atoms with E-state index in [1.807, 2.05) is 11.3 Å². The number of aryl methyl sites for hydroxylation is 1. The van der Waals surface area contributed by atoms with Gasteiger partial charge in [-0.15, -0.1) is 11.3 Å². The van der Waals surface area contributed by atoms with Gasteiger partial charge >= 0.3 is 0 Å². The lowest BCUT2D eigenvalue weighted by Crippen LogP contribution is -2.12. The summed E-state index contributed by atoms with van der Waals surface area (Å²) in [7, 11) is 0. The third kappa shape index (κ3) is 4.78. The average molecular weight is 228 g/mol. The molecule has 1 unspecified atom stereocenters. The van der Waals surface area contributed by atoms with Crippen LogP contribution in [-0.2, 0) is 12.8 Å². The molecule has 1 rings (SSSR count). The Morgan fingerprint density at radius 3 is 2.53 bits per heavy atom. The van der Waals surface area contributed by atoms with Gasteiger partial charge in [0.2, 0.25) is 0 Å². The van der Waals surface area contributed by atoms with Gasteiger partial charge in [-0.3, -0.25) is 0 Å². The lowest BCUT2D eigenvalue weighted by molar-refractivity contribution is 0.0887. The molecule has 1 atom stereocenters.